The van der Waals surface area contributed by atoms with Crippen LogP contribution in [0, 0.1) is 22.7 Å². The van der Waals surface area contributed by atoms with E-state index in [0.717, 1.165) is 24.6 Å². The summed E-state index contributed by atoms with van der Waals surface area (Å²) >= 11 is 1.11. The van der Waals surface area contributed by atoms with Crippen LogP contribution >= 0.6 is 11.8 Å². The SMILES string of the molecule is CN(CCNC(=O)OC(C)(C)C)c1nc(SC(C(N)=O)c2ccccc2)c(C#N)c(C2CC2)c1C#N. The Labute approximate surface area is 215 Å². The van der Waals surface area contributed by atoms with Crippen LogP contribution in [-0.4, -0.2) is 42.7 Å². The molecule has 188 valence electrons. The Balaban J connectivity index is 1.95. The third-order valence-electron chi connectivity index (χ3n) is 5.46. The van der Waals surface area contributed by atoms with Gasteiger partial charge in [0, 0.05) is 20.1 Å². The monoisotopic (exact) mass is 506 g/mol. The number of alkyl carbamates (subject to hydrolysis) is 1. The minimum atomic E-state index is -0.752. The van der Waals surface area contributed by atoms with Gasteiger partial charge in [0.2, 0.25) is 5.91 Å². The molecule has 10 heteroatoms. The largest absolute Gasteiger partial charge is 0.444 e. The third kappa shape index (κ3) is 6.67. The topological polar surface area (TPSA) is 145 Å². The molecule has 1 saturated carbocycles. The molecule has 1 aromatic heterocycles. The number of carbonyl (C=O) groups excluding carboxylic acids is 2. The van der Waals surface area contributed by atoms with Crippen LogP contribution in [0.5, 0.6) is 0 Å². The number of nitrogens with zero attached hydrogens (tertiary/aromatic N) is 4. The van der Waals surface area contributed by atoms with Crippen LogP contribution in [0.25, 0.3) is 0 Å². The van der Waals surface area contributed by atoms with Crippen molar-refractivity contribution in [3.8, 4) is 12.1 Å². The second kappa shape index (κ2) is 11.3. The van der Waals surface area contributed by atoms with E-state index in [4.69, 9.17) is 10.5 Å². The van der Waals surface area contributed by atoms with Gasteiger partial charge in [0.15, 0.2) is 0 Å². The number of rotatable bonds is 9. The zero-order valence-electron chi connectivity index (χ0n) is 20.9. The van der Waals surface area contributed by atoms with Gasteiger partial charge in [-0.3, -0.25) is 4.79 Å². The first-order valence-corrected chi connectivity index (χ1v) is 12.5. The second-order valence-electron chi connectivity index (χ2n) is 9.56. The fourth-order valence-corrected chi connectivity index (χ4v) is 4.75. The number of anilines is 1. The van der Waals surface area contributed by atoms with E-state index < -0.39 is 22.9 Å². The molecule has 1 aliphatic rings. The number of nitriles is 2. The molecule has 1 aliphatic carbocycles. The number of pyridine rings is 1. The molecule has 2 aromatic rings. The lowest BCUT2D eigenvalue weighted by atomic mass is 10.00. The molecule has 1 aromatic carbocycles. The fourth-order valence-electron chi connectivity index (χ4n) is 3.70. The van der Waals surface area contributed by atoms with Gasteiger partial charge in [-0.1, -0.05) is 42.1 Å². The van der Waals surface area contributed by atoms with E-state index in [1.165, 1.54) is 0 Å². The van der Waals surface area contributed by atoms with Crippen molar-refractivity contribution < 1.29 is 14.3 Å². The number of nitrogens with two attached hydrogens (primary N) is 1. The van der Waals surface area contributed by atoms with E-state index in [1.807, 2.05) is 18.2 Å². The number of ether oxygens (including phenoxy) is 1. The lowest BCUT2D eigenvalue weighted by Gasteiger charge is -2.24. The summed E-state index contributed by atoms with van der Waals surface area (Å²) in [5, 5.41) is 22.4. The highest BCUT2D eigenvalue weighted by molar-refractivity contribution is 8.00. The molecule has 0 radical (unpaired) electrons. The average molecular weight is 507 g/mol. The van der Waals surface area contributed by atoms with Crippen molar-refractivity contribution in [3.05, 3.63) is 52.6 Å². The third-order valence-corrected chi connectivity index (χ3v) is 6.72. The number of primary amides is 1. The molecular formula is C26H30N6O3S. The molecule has 2 amide bonds. The van der Waals surface area contributed by atoms with E-state index >= 15 is 0 Å². The van der Waals surface area contributed by atoms with E-state index in [1.54, 1.807) is 44.9 Å². The van der Waals surface area contributed by atoms with Crippen molar-refractivity contribution in [2.75, 3.05) is 25.0 Å². The Morgan fingerprint density at radius 1 is 1.22 bits per heavy atom. The summed E-state index contributed by atoms with van der Waals surface area (Å²) in [4.78, 5) is 30.8. The lowest BCUT2D eigenvalue weighted by Crippen LogP contribution is -2.37. The molecule has 1 fully saturated rings. The first-order valence-electron chi connectivity index (χ1n) is 11.6. The van der Waals surface area contributed by atoms with Crippen LogP contribution in [0.2, 0.25) is 0 Å². The van der Waals surface area contributed by atoms with Gasteiger partial charge in [0.1, 0.15) is 33.8 Å². The predicted octanol–water partition coefficient (Wildman–Crippen LogP) is 3.98. The first-order chi connectivity index (χ1) is 17.1. The summed E-state index contributed by atoms with van der Waals surface area (Å²) in [5.41, 5.74) is 7.13. The smallest absolute Gasteiger partial charge is 0.407 e. The van der Waals surface area contributed by atoms with Gasteiger partial charge in [0.05, 0.1) is 11.1 Å². The molecule has 9 nitrogen and oxygen atoms in total. The van der Waals surface area contributed by atoms with Gasteiger partial charge in [-0.05, 0) is 50.7 Å². The molecule has 1 unspecified atom stereocenters. The van der Waals surface area contributed by atoms with Crippen molar-refractivity contribution in [3.63, 3.8) is 0 Å². The maximum absolute atomic E-state index is 12.4. The summed E-state index contributed by atoms with van der Waals surface area (Å²) in [5.74, 6) is -0.0682. The normalized spacial score (nSPS) is 13.7. The summed E-state index contributed by atoms with van der Waals surface area (Å²) in [6.45, 7) is 5.95. The summed E-state index contributed by atoms with van der Waals surface area (Å²) < 4.78 is 5.27. The maximum Gasteiger partial charge on any atom is 0.407 e. The Hall–Kier alpha value is -3.76. The van der Waals surface area contributed by atoms with Crippen molar-refractivity contribution in [2.24, 2.45) is 5.73 Å². The highest BCUT2D eigenvalue weighted by Crippen LogP contribution is 2.48. The average Bonchev–Trinajstić information content (AvgIpc) is 3.65. The van der Waals surface area contributed by atoms with E-state index in [0.29, 0.717) is 39.6 Å². The summed E-state index contributed by atoms with van der Waals surface area (Å²) in [6.07, 6.45) is 1.21. The molecule has 3 rings (SSSR count). The Morgan fingerprint density at radius 3 is 2.39 bits per heavy atom. The van der Waals surface area contributed by atoms with Crippen molar-refractivity contribution in [2.45, 2.75) is 55.4 Å². The first kappa shape index (κ1) is 26.8. The lowest BCUT2D eigenvalue weighted by molar-refractivity contribution is -0.117. The van der Waals surface area contributed by atoms with Gasteiger partial charge >= 0.3 is 6.09 Å². The maximum atomic E-state index is 12.4. The number of hydrogen-bond acceptors (Lipinski definition) is 8. The Bertz CT molecular complexity index is 1210. The zero-order chi connectivity index (χ0) is 26.5. The van der Waals surface area contributed by atoms with Gasteiger partial charge in [-0.2, -0.15) is 10.5 Å². The van der Waals surface area contributed by atoms with Crippen LogP contribution in [0.1, 0.15) is 67.0 Å². The minimum absolute atomic E-state index is 0.0902. The number of amides is 2. The van der Waals surface area contributed by atoms with Gasteiger partial charge < -0.3 is 20.7 Å². The van der Waals surface area contributed by atoms with E-state index in [9.17, 15) is 20.1 Å². The second-order valence-corrected chi connectivity index (χ2v) is 10.7. The molecule has 1 heterocycles. The number of likely N-dealkylation sites (N-methyl/N-ethyl adjacent to an activating group) is 1. The fraction of sp³-hybridized carbons (Fsp3) is 0.423. The van der Waals surface area contributed by atoms with Gasteiger partial charge in [0.25, 0.3) is 0 Å². The van der Waals surface area contributed by atoms with Crippen molar-refractivity contribution in [1.29, 1.82) is 10.5 Å². The Kier molecular flexibility index (Phi) is 8.44. The molecule has 36 heavy (non-hydrogen) atoms. The molecule has 3 N–H and O–H groups in total. The summed E-state index contributed by atoms with van der Waals surface area (Å²) in [7, 11) is 1.76. The van der Waals surface area contributed by atoms with E-state index in [-0.39, 0.29) is 12.5 Å². The number of carbonyl (C=O) groups is 2. The van der Waals surface area contributed by atoms with Crippen LogP contribution in [0.3, 0.4) is 0 Å². The quantitative estimate of drug-likeness (QED) is 0.486. The number of benzene rings is 1. The Morgan fingerprint density at radius 2 is 1.86 bits per heavy atom. The highest BCUT2D eigenvalue weighted by Gasteiger charge is 2.35. The molecule has 0 aliphatic heterocycles. The van der Waals surface area contributed by atoms with Gasteiger partial charge in [-0.25, -0.2) is 9.78 Å². The summed E-state index contributed by atoms with van der Waals surface area (Å²) in [6, 6.07) is 13.5. The minimum Gasteiger partial charge on any atom is -0.444 e. The van der Waals surface area contributed by atoms with Crippen molar-refractivity contribution >= 4 is 29.6 Å². The number of hydrogen-bond donors (Lipinski definition) is 2. The standard InChI is InChI=1S/C26H30N6O3S/c1-26(2,3)35-25(34)30-12-13-32(4)23-18(14-27)20(16-10-11-16)19(15-28)24(31-23)36-21(22(29)33)17-8-6-5-7-9-17/h5-9,16,21H,10-13H2,1-4H3,(H2,29,33)(H,30,34). The number of nitrogens with one attached hydrogen (secondary N) is 1. The molecule has 0 spiro atoms. The predicted molar refractivity (Wildman–Crippen MR) is 137 cm³/mol. The van der Waals surface area contributed by atoms with Crippen molar-refractivity contribution in [1.82, 2.24) is 10.3 Å². The molecule has 0 saturated heterocycles. The highest BCUT2D eigenvalue weighted by atomic mass is 32.2. The van der Waals surface area contributed by atoms with Crippen LogP contribution < -0.4 is 16.0 Å². The molecular weight excluding hydrogens is 476 g/mol. The molecule has 1 atom stereocenters. The van der Waals surface area contributed by atoms with E-state index in [2.05, 4.69) is 22.4 Å². The van der Waals surface area contributed by atoms with Gasteiger partial charge in [-0.15, -0.1) is 0 Å². The molecule has 0 bridgehead atoms. The zero-order valence-corrected chi connectivity index (χ0v) is 21.7. The van der Waals surface area contributed by atoms with Crippen LogP contribution in [0.4, 0.5) is 10.6 Å². The number of thioether (sulfide) groups is 1. The number of aromatic nitrogens is 1. The van der Waals surface area contributed by atoms with Crippen LogP contribution in [0.15, 0.2) is 35.4 Å². The van der Waals surface area contributed by atoms with Crippen LogP contribution in [-0.2, 0) is 9.53 Å².